The summed E-state index contributed by atoms with van der Waals surface area (Å²) in [6, 6.07) is 8.95. The minimum Gasteiger partial charge on any atom is -0.347 e. The van der Waals surface area contributed by atoms with Crippen molar-refractivity contribution >= 4 is 30.0 Å². The minimum absolute atomic E-state index is 0. The van der Waals surface area contributed by atoms with Gasteiger partial charge in [0, 0.05) is 19.0 Å². The van der Waals surface area contributed by atoms with Gasteiger partial charge in [0.1, 0.15) is 6.04 Å². The van der Waals surface area contributed by atoms with Crippen LogP contribution in [-0.2, 0) is 20.9 Å². The Balaban J connectivity index is 0.00000225. The van der Waals surface area contributed by atoms with Crippen LogP contribution in [0.15, 0.2) is 30.3 Å². The average Bonchev–Trinajstić information content (AvgIpc) is 2.97. The van der Waals surface area contributed by atoms with Crippen molar-refractivity contribution in [2.75, 3.05) is 13.1 Å². The summed E-state index contributed by atoms with van der Waals surface area (Å²) in [6.45, 7) is 2.07. The molecule has 0 aliphatic carbocycles. The molecule has 0 spiro atoms. The van der Waals surface area contributed by atoms with Gasteiger partial charge in [0.25, 0.3) is 5.91 Å². The van der Waals surface area contributed by atoms with Crippen molar-refractivity contribution in [2.45, 2.75) is 44.3 Å². The van der Waals surface area contributed by atoms with E-state index < -0.39 is 17.7 Å². The Hall–Kier alpha value is -1.92. The molecule has 2 saturated heterocycles. The van der Waals surface area contributed by atoms with Crippen molar-refractivity contribution < 1.29 is 14.4 Å². The van der Waals surface area contributed by atoms with Crippen LogP contribution < -0.4 is 10.6 Å². The van der Waals surface area contributed by atoms with Gasteiger partial charge < -0.3 is 15.5 Å². The summed E-state index contributed by atoms with van der Waals surface area (Å²) in [4.78, 5) is 38.5. The summed E-state index contributed by atoms with van der Waals surface area (Å²) in [6.07, 6.45) is 2.40. The number of amides is 2. The van der Waals surface area contributed by atoms with Crippen LogP contribution in [-0.4, -0.2) is 47.7 Å². The number of piperidine rings is 1. The molecule has 136 valence electrons. The molecule has 2 amide bonds. The van der Waals surface area contributed by atoms with Crippen LogP contribution in [0.5, 0.6) is 0 Å². The van der Waals surface area contributed by atoms with Crippen molar-refractivity contribution in [3.8, 4) is 0 Å². The van der Waals surface area contributed by atoms with Crippen LogP contribution in [0.4, 0.5) is 0 Å². The molecule has 2 heterocycles. The van der Waals surface area contributed by atoms with Gasteiger partial charge in [0.05, 0.1) is 0 Å². The normalized spacial score (nSPS) is 20.9. The van der Waals surface area contributed by atoms with E-state index >= 15 is 0 Å². The Morgan fingerprint density at radius 3 is 2.48 bits per heavy atom. The molecule has 1 atom stereocenters. The van der Waals surface area contributed by atoms with Crippen LogP contribution in [0.25, 0.3) is 0 Å². The third-order valence-corrected chi connectivity index (χ3v) is 4.72. The predicted octanol–water partition coefficient (Wildman–Crippen LogP) is 1.04. The van der Waals surface area contributed by atoms with Crippen LogP contribution in [0.1, 0.15) is 31.2 Å². The van der Waals surface area contributed by atoms with E-state index in [1.165, 1.54) is 0 Å². The molecule has 25 heavy (non-hydrogen) atoms. The molecule has 0 radical (unpaired) electrons. The Labute approximate surface area is 153 Å². The monoisotopic (exact) mass is 365 g/mol. The predicted molar refractivity (Wildman–Crippen MR) is 96.3 cm³/mol. The lowest BCUT2D eigenvalue weighted by molar-refractivity contribution is -0.143. The van der Waals surface area contributed by atoms with E-state index in [-0.39, 0.29) is 24.4 Å². The Kier molecular flexibility index (Phi) is 6.96. The van der Waals surface area contributed by atoms with E-state index in [2.05, 4.69) is 10.6 Å². The summed E-state index contributed by atoms with van der Waals surface area (Å²) in [7, 11) is 0. The van der Waals surface area contributed by atoms with Gasteiger partial charge in [0.2, 0.25) is 11.7 Å². The number of ketones is 1. The van der Waals surface area contributed by atoms with Crippen LogP contribution in [0.2, 0.25) is 0 Å². The number of nitrogens with one attached hydrogen (secondary N) is 2. The van der Waals surface area contributed by atoms with Gasteiger partial charge in [-0.3, -0.25) is 14.4 Å². The second-order valence-corrected chi connectivity index (χ2v) is 6.42. The molecular formula is C18H24ClN3O3. The average molecular weight is 366 g/mol. The molecular weight excluding hydrogens is 342 g/mol. The maximum atomic E-state index is 12.5. The Morgan fingerprint density at radius 1 is 1.12 bits per heavy atom. The highest BCUT2D eigenvalue weighted by molar-refractivity contribution is 6.38. The first-order valence-corrected chi connectivity index (χ1v) is 8.54. The first-order chi connectivity index (χ1) is 11.6. The largest absolute Gasteiger partial charge is 0.347 e. The Morgan fingerprint density at radius 2 is 1.80 bits per heavy atom. The maximum absolute atomic E-state index is 12.5. The molecule has 0 unspecified atom stereocenters. The van der Waals surface area contributed by atoms with Crippen molar-refractivity contribution in [3.05, 3.63) is 35.9 Å². The smallest absolute Gasteiger partial charge is 0.289 e. The number of carbonyl (C=O) groups excluding carboxylic acids is 3. The van der Waals surface area contributed by atoms with Crippen molar-refractivity contribution in [1.82, 2.24) is 15.5 Å². The first-order valence-electron chi connectivity index (χ1n) is 8.54. The van der Waals surface area contributed by atoms with Crippen LogP contribution >= 0.6 is 12.4 Å². The zero-order valence-electron chi connectivity index (χ0n) is 14.1. The molecule has 7 heteroatoms. The van der Waals surface area contributed by atoms with Gasteiger partial charge in [-0.2, -0.15) is 0 Å². The molecule has 2 N–H and O–H groups in total. The van der Waals surface area contributed by atoms with Gasteiger partial charge in [-0.15, -0.1) is 12.4 Å². The first kappa shape index (κ1) is 19.4. The van der Waals surface area contributed by atoms with Crippen molar-refractivity contribution in [2.24, 2.45) is 0 Å². The third-order valence-electron chi connectivity index (χ3n) is 4.72. The number of hydrogen-bond donors (Lipinski definition) is 2. The fourth-order valence-electron chi connectivity index (χ4n) is 3.36. The molecule has 6 nitrogen and oxygen atoms in total. The number of rotatable bonds is 5. The number of carbonyl (C=O) groups is 3. The summed E-state index contributed by atoms with van der Waals surface area (Å²) in [5, 5.41) is 6.05. The van der Waals surface area contributed by atoms with Gasteiger partial charge in [-0.05, 0) is 37.9 Å². The van der Waals surface area contributed by atoms with E-state index in [0.29, 0.717) is 19.4 Å². The third kappa shape index (κ3) is 4.80. The SMILES string of the molecule is Cl.O=C(NC1CCNCC1)C(=O)[C@H]1CCC(=O)N1Cc1ccccc1. The van der Waals surface area contributed by atoms with Crippen LogP contribution in [0.3, 0.4) is 0 Å². The number of likely N-dealkylation sites (tertiary alicyclic amines) is 1. The second-order valence-electron chi connectivity index (χ2n) is 6.42. The summed E-state index contributed by atoms with van der Waals surface area (Å²) in [5.74, 6) is -1.11. The minimum atomic E-state index is -0.639. The molecule has 1 aromatic carbocycles. The molecule has 2 aliphatic heterocycles. The van der Waals surface area contributed by atoms with Gasteiger partial charge in [0.15, 0.2) is 0 Å². The molecule has 3 rings (SSSR count). The number of Topliss-reactive ketones (excluding diaryl/α,β-unsaturated/α-hetero) is 1. The lowest BCUT2D eigenvalue weighted by atomic mass is 10.0. The van der Waals surface area contributed by atoms with Gasteiger partial charge in [-0.1, -0.05) is 30.3 Å². The summed E-state index contributed by atoms with van der Waals surface area (Å²) < 4.78 is 0. The molecule has 0 aromatic heterocycles. The van der Waals surface area contributed by atoms with Gasteiger partial charge >= 0.3 is 0 Å². The standard InChI is InChI=1S/C18H23N3O3.ClH/c22-16-7-6-15(21(16)12-13-4-2-1-3-5-13)17(23)18(24)20-14-8-10-19-11-9-14;/h1-5,14-15,19H,6-12H2,(H,20,24);1H/t15-;/m1./s1. The molecule has 0 bridgehead atoms. The second kappa shape index (κ2) is 8.97. The lowest BCUT2D eigenvalue weighted by Gasteiger charge is -2.26. The zero-order valence-corrected chi connectivity index (χ0v) is 14.9. The van der Waals surface area contributed by atoms with E-state index in [1.54, 1.807) is 4.90 Å². The number of benzene rings is 1. The highest BCUT2D eigenvalue weighted by Crippen LogP contribution is 2.22. The number of halogens is 1. The lowest BCUT2D eigenvalue weighted by Crippen LogP contribution is -2.50. The highest BCUT2D eigenvalue weighted by Gasteiger charge is 2.39. The van der Waals surface area contributed by atoms with E-state index in [0.717, 1.165) is 31.5 Å². The molecule has 2 aliphatic rings. The summed E-state index contributed by atoms with van der Waals surface area (Å²) in [5.41, 5.74) is 0.962. The summed E-state index contributed by atoms with van der Waals surface area (Å²) >= 11 is 0. The molecule has 0 saturated carbocycles. The maximum Gasteiger partial charge on any atom is 0.289 e. The fourth-order valence-corrected chi connectivity index (χ4v) is 3.36. The Bertz CT molecular complexity index is 617. The van der Waals surface area contributed by atoms with Crippen molar-refractivity contribution in [1.29, 1.82) is 0 Å². The number of hydrogen-bond acceptors (Lipinski definition) is 4. The van der Waals surface area contributed by atoms with Crippen LogP contribution in [0, 0.1) is 0 Å². The quantitative estimate of drug-likeness (QED) is 0.764. The molecule has 2 fully saturated rings. The fraction of sp³-hybridized carbons (Fsp3) is 0.500. The number of nitrogens with zero attached hydrogens (tertiary/aromatic N) is 1. The van der Waals surface area contributed by atoms with Crippen molar-refractivity contribution in [3.63, 3.8) is 0 Å². The van der Waals surface area contributed by atoms with Gasteiger partial charge in [-0.25, -0.2) is 0 Å². The van der Waals surface area contributed by atoms with E-state index in [9.17, 15) is 14.4 Å². The highest BCUT2D eigenvalue weighted by atomic mass is 35.5. The zero-order chi connectivity index (χ0) is 16.9. The molecule has 1 aromatic rings. The topological polar surface area (TPSA) is 78.5 Å². The van der Waals surface area contributed by atoms with E-state index in [1.807, 2.05) is 30.3 Å². The van der Waals surface area contributed by atoms with E-state index in [4.69, 9.17) is 0 Å².